The molecular weight excluding hydrogens is 292 g/mol. The van der Waals surface area contributed by atoms with E-state index in [1.165, 1.54) is 5.56 Å². The number of methoxy groups -OCH3 is 1. The lowest BCUT2D eigenvalue weighted by Gasteiger charge is -2.22. The normalized spacial score (nSPS) is 11.1. The molecule has 23 heavy (non-hydrogen) atoms. The predicted molar refractivity (Wildman–Crippen MR) is 91.1 cm³/mol. The SMILES string of the molecule is COCCCNC(=O)C(C)(C)C(=O)NCCCc1ccccc1. The second kappa shape index (κ2) is 10.0. The predicted octanol–water partition coefficient (Wildman–Crippen LogP) is 1.91. The first-order valence-corrected chi connectivity index (χ1v) is 8.08. The van der Waals surface area contributed by atoms with E-state index in [1.54, 1.807) is 21.0 Å². The van der Waals surface area contributed by atoms with E-state index in [2.05, 4.69) is 22.8 Å². The fraction of sp³-hybridized carbons (Fsp3) is 0.556. The van der Waals surface area contributed by atoms with Gasteiger partial charge in [0.15, 0.2) is 0 Å². The summed E-state index contributed by atoms with van der Waals surface area (Å²) in [6.45, 7) is 4.95. The zero-order chi connectivity index (χ0) is 17.1. The van der Waals surface area contributed by atoms with E-state index < -0.39 is 5.41 Å². The summed E-state index contributed by atoms with van der Waals surface area (Å²) in [7, 11) is 1.62. The maximum atomic E-state index is 12.2. The van der Waals surface area contributed by atoms with Crippen LogP contribution in [0.1, 0.15) is 32.3 Å². The van der Waals surface area contributed by atoms with Crippen molar-refractivity contribution in [3.8, 4) is 0 Å². The van der Waals surface area contributed by atoms with Gasteiger partial charge in [-0.15, -0.1) is 0 Å². The highest BCUT2D eigenvalue weighted by molar-refractivity contribution is 6.04. The minimum atomic E-state index is -1.07. The number of ether oxygens (including phenoxy) is 1. The van der Waals surface area contributed by atoms with Crippen LogP contribution in [0.5, 0.6) is 0 Å². The van der Waals surface area contributed by atoms with Gasteiger partial charge in [-0.3, -0.25) is 9.59 Å². The quantitative estimate of drug-likeness (QED) is 0.511. The zero-order valence-corrected chi connectivity index (χ0v) is 14.4. The van der Waals surface area contributed by atoms with E-state index >= 15 is 0 Å². The molecule has 0 bridgehead atoms. The molecule has 0 aromatic heterocycles. The minimum absolute atomic E-state index is 0.241. The van der Waals surface area contributed by atoms with Crippen LogP contribution in [0.15, 0.2) is 30.3 Å². The van der Waals surface area contributed by atoms with Crippen molar-refractivity contribution < 1.29 is 14.3 Å². The Morgan fingerprint density at radius 3 is 2.13 bits per heavy atom. The second-order valence-corrected chi connectivity index (χ2v) is 6.07. The second-order valence-electron chi connectivity index (χ2n) is 6.07. The van der Waals surface area contributed by atoms with Gasteiger partial charge in [0.1, 0.15) is 5.41 Å². The van der Waals surface area contributed by atoms with E-state index in [9.17, 15) is 9.59 Å². The molecule has 0 spiro atoms. The fourth-order valence-corrected chi connectivity index (χ4v) is 2.10. The lowest BCUT2D eigenvalue weighted by atomic mass is 9.91. The van der Waals surface area contributed by atoms with Crippen molar-refractivity contribution in [1.29, 1.82) is 0 Å². The lowest BCUT2D eigenvalue weighted by molar-refractivity contribution is -0.141. The average molecular weight is 320 g/mol. The summed E-state index contributed by atoms with van der Waals surface area (Å²) in [6.07, 6.45) is 2.49. The number of hydrogen-bond acceptors (Lipinski definition) is 3. The van der Waals surface area contributed by atoms with Gasteiger partial charge in [-0.05, 0) is 38.7 Å². The molecule has 0 aliphatic heterocycles. The third-order valence-electron chi connectivity index (χ3n) is 3.72. The summed E-state index contributed by atoms with van der Waals surface area (Å²) >= 11 is 0. The number of amides is 2. The van der Waals surface area contributed by atoms with Gasteiger partial charge in [0.05, 0.1) is 0 Å². The number of nitrogens with one attached hydrogen (secondary N) is 2. The summed E-state index contributed by atoms with van der Waals surface area (Å²) in [6, 6.07) is 10.1. The summed E-state index contributed by atoms with van der Waals surface area (Å²) < 4.78 is 4.93. The summed E-state index contributed by atoms with van der Waals surface area (Å²) in [5.74, 6) is -0.496. The molecule has 0 heterocycles. The van der Waals surface area contributed by atoms with Gasteiger partial charge in [-0.25, -0.2) is 0 Å². The van der Waals surface area contributed by atoms with Crippen LogP contribution in [0.2, 0.25) is 0 Å². The monoisotopic (exact) mass is 320 g/mol. The van der Waals surface area contributed by atoms with Crippen molar-refractivity contribution >= 4 is 11.8 Å². The molecule has 0 unspecified atom stereocenters. The smallest absolute Gasteiger partial charge is 0.235 e. The Balaban J connectivity index is 2.29. The van der Waals surface area contributed by atoms with E-state index in [0.717, 1.165) is 19.3 Å². The number of benzene rings is 1. The van der Waals surface area contributed by atoms with Gasteiger partial charge in [0.2, 0.25) is 11.8 Å². The highest BCUT2D eigenvalue weighted by Crippen LogP contribution is 2.15. The Morgan fingerprint density at radius 2 is 1.57 bits per heavy atom. The van der Waals surface area contributed by atoms with Crippen LogP contribution in [0.4, 0.5) is 0 Å². The van der Waals surface area contributed by atoms with Crippen LogP contribution in [-0.4, -0.2) is 38.6 Å². The fourth-order valence-electron chi connectivity index (χ4n) is 2.10. The zero-order valence-electron chi connectivity index (χ0n) is 14.4. The Bertz CT molecular complexity index is 486. The van der Waals surface area contributed by atoms with Gasteiger partial charge in [0, 0.05) is 26.8 Å². The molecule has 0 aliphatic rings. The van der Waals surface area contributed by atoms with Gasteiger partial charge < -0.3 is 15.4 Å². The van der Waals surface area contributed by atoms with Crippen LogP contribution in [0.3, 0.4) is 0 Å². The highest BCUT2D eigenvalue weighted by Gasteiger charge is 2.35. The van der Waals surface area contributed by atoms with Crippen LogP contribution in [-0.2, 0) is 20.7 Å². The molecule has 0 radical (unpaired) electrons. The van der Waals surface area contributed by atoms with Gasteiger partial charge in [0.25, 0.3) is 0 Å². The number of aryl methyl sites for hydroxylation is 1. The van der Waals surface area contributed by atoms with Crippen molar-refractivity contribution in [2.75, 3.05) is 26.8 Å². The van der Waals surface area contributed by atoms with E-state index in [1.807, 2.05) is 18.2 Å². The lowest BCUT2D eigenvalue weighted by Crippen LogP contribution is -2.48. The van der Waals surface area contributed by atoms with E-state index in [4.69, 9.17) is 4.74 Å². The minimum Gasteiger partial charge on any atom is -0.385 e. The molecule has 0 aliphatic carbocycles. The molecule has 0 fully saturated rings. The molecule has 2 amide bonds. The van der Waals surface area contributed by atoms with Crippen molar-refractivity contribution in [1.82, 2.24) is 10.6 Å². The Labute approximate surface area is 138 Å². The molecule has 5 heteroatoms. The third-order valence-corrected chi connectivity index (χ3v) is 3.72. The Hall–Kier alpha value is -1.88. The first-order valence-electron chi connectivity index (χ1n) is 8.08. The molecule has 2 N–H and O–H groups in total. The molecule has 1 rings (SSSR count). The molecular formula is C18H28N2O3. The van der Waals surface area contributed by atoms with Crippen LogP contribution in [0.25, 0.3) is 0 Å². The Kier molecular flexibility index (Phi) is 8.33. The molecule has 128 valence electrons. The average Bonchev–Trinajstić information content (AvgIpc) is 2.56. The third kappa shape index (κ3) is 6.82. The number of carbonyl (C=O) groups excluding carboxylic acids is 2. The topological polar surface area (TPSA) is 67.4 Å². The standard InChI is InChI=1S/C18H28N2O3/c1-18(2,17(22)20-13-8-14-23-3)16(21)19-12-7-11-15-9-5-4-6-10-15/h4-6,9-10H,7-8,11-14H2,1-3H3,(H,19,21)(H,20,22). The van der Waals surface area contributed by atoms with Crippen LogP contribution < -0.4 is 10.6 Å². The van der Waals surface area contributed by atoms with Crippen molar-refractivity contribution in [2.45, 2.75) is 33.1 Å². The molecule has 0 saturated carbocycles. The number of rotatable bonds is 10. The summed E-state index contributed by atoms with van der Waals surface area (Å²) in [5.41, 5.74) is 0.178. The van der Waals surface area contributed by atoms with Crippen LogP contribution in [0, 0.1) is 5.41 Å². The van der Waals surface area contributed by atoms with Gasteiger partial charge >= 0.3 is 0 Å². The number of carbonyl (C=O) groups is 2. The van der Waals surface area contributed by atoms with Crippen molar-refractivity contribution in [3.05, 3.63) is 35.9 Å². The molecule has 1 aromatic rings. The molecule has 5 nitrogen and oxygen atoms in total. The summed E-state index contributed by atoms with van der Waals surface area (Å²) in [5, 5.41) is 5.63. The van der Waals surface area contributed by atoms with Gasteiger partial charge in [-0.2, -0.15) is 0 Å². The van der Waals surface area contributed by atoms with E-state index in [0.29, 0.717) is 19.7 Å². The first-order chi connectivity index (χ1) is 11.0. The van der Waals surface area contributed by atoms with Crippen molar-refractivity contribution in [3.63, 3.8) is 0 Å². The van der Waals surface area contributed by atoms with Crippen LogP contribution >= 0.6 is 0 Å². The summed E-state index contributed by atoms with van der Waals surface area (Å²) in [4.78, 5) is 24.3. The maximum Gasteiger partial charge on any atom is 0.235 e. The molecule has 0 saturated heterocycles. The Morgan fingerprint density at radius 1 is 1.00 bits per heavy atom. The van der Waals surface area contributed by atoms with E-state index in [-0.39, 0.29) is 11.8 Å². The maximum absolute atomic E-state index is 12.2. The first kappa shape index (κ1) is 19.2. The molecule has 0 atom stereocenters. The van der Waals surface area contributed by atoms with Gasteiger partial charge in [-0.1, -0.05) is 30.3 Å². The highest BCUT2D eigenvalue weighted by atomic mass is 16.5. The largest absolute Gasteiger partial charge is 0.385 e. The molecule has 1 aromatic carbocycles. The van der Waals surface area contributed by atoms with Crippen molar-refractivity contribution in [2.24, 2.45) is 5.41 Å². The number of hydrogen-bond donors (Lipinski definition) is 2.